The number of aromatic amines is 1. The van der Waals surface area contributed by atoms with E-state index in [0.29, 0.717) is 17.9 Å². The Morgan fingerprint density at radius 3 is 2.86 bits per heavy atom. The van der Waals surface area contributed by atoms with Gasteiger partial charge in [-0.2, -0.15) is 9.40 Å². The van der Waals surface area contributed by atoms with E-state index in [4.69, 9.17) is 11.6 Å². The van der Waals surface area contributed by atoms with Crippen LogP contribution in [0.5, 0.6) is 0 Å². The van der Waals surface area contributed by atoms with Crippen molar-refractivity contribution in [3.05, 3.63) is 33.8 Å². The van der Waals surface area contributed by atoms with Gasteiger partial charge in [0, 0.05) is 17.5 Å². The zero-order chi connectivity index (χ0) is 15.0. The molecule has 1 saturated carbocycles. The number of alkyl halides is 1. The van der Waals surface area contributed by atoms with Gasteiger partial charge in [0.15, 0.2) is 0 Å². The third-order valence-corrected chi connectivity index (χ3v) is 6.72. The van der Waals surface area contributed by atoms with Crippen LogP contribution in [0.1, 0.15) is 29.1 Å². The van der Waals surface area contributed by atoms with Gasteiger partial charge in [0.1, 0.15) is 4.90 Å². The van der Waals surface area contributed by atoms with Gasteiger partial charge in [0.25, 0.3) is 0 Å². The second-order valence-corrected chi connectivity index (χ2v) is 8.25. The highest BCUT2D eigenvalue weighted by molar-refractivity contribution is 7.89. The van der Waals surface area contributed by atoms with Crippen LogP contribution in [0.15, 0.2) is 22.4 Å². The van der Waals surface area contributed by atoms with E-state index in [1.54, 1.807) is 22.6 Å². The molecule has 1 fully saturated rings. The molecule has 1 aliphatic carbocycles. The average molecular weight is 346 g/mol. The molecule has 0 bridgehead atoms. The lowest BCUT2D eigenvalue weighted by Gasteiger charge is -2.21. The summed E-state index contributed by atoms with van der Waals surface area (Å²) in [5.41, 5.74) is 0.938. The smallest absolute Gasteiger partial charge is 0.247 e. The monoisotopic (exact) mass is 345 g/mol. The second kappa shape index (κ2) is 5.72. The van der Waals surface area contributed by atoms with Crippen molar-refractivity contribution in [1.82, 2.24) is 14.5 Å². The van der Waals surface area contributed by atoms with E-state index >= 15 is 0 Å². The second-order valence-electron chi connectivity index (χ2n) is 5.12. The number of sulfonamides is 1. The topological polar surface area (TPSA) is 66.1 Å². The minimum absolute atomic E-state index is 0.0798. The lowest BCUT2D eigenvalue weighted by Crippen LogP contribution is -2.33. The Balaban J connectivity index is 1.99. The minimum atomic E-state index is -3.58. The first-order valence-corrected chi connectivity index (χ1v) is 9.53. The maximum absolute atomic E-state index is 13.0. The molecule has 1 N–H and O–H groups in total. The van der Waals surface area contributed by atoms with E-state index in [2.05, 4.69) is 10.2 Å². The molecule has 0 saturated heterocycles. The lowest BCUT2D eigenvalue weighted by atomic mass is 10.4. The molecular formula is C13H16ClN3O2S2. The van der Waals surface area contributed by atoms with Gasteiger partial charge >= 0.3 is 0 Å². The molecule has 114 valence electrons. The molecule has 1 aliphatic rings. The van der Waals surface area contributed by atoms with Crippen LogP contribution in [-0.4, -0.2) is 29.0 Å². The SMILES string of the molecule is Cc1[nH]nc(CCl)c1S(=O)(=O)N(Cc1cccs1)C1CC1. The zero-order valence-electron chi connectivity index (χ0n) is 11.5. The Hall–Kier alpha value is -0.890. The summed E-state index contributed by atoms with van der Waals surface area (Å²) in [6.07, 6.45) is 1.83. The van der Waals surface area contributed by atoms with Crippen molar-refractivity contribution < 1.29 is 8.42 Å². The van der Waals surface area contributed by atoms with Crippen LogP contribution < -0.4 is 0 Å². The molecular weight excluding hydrogens is 330 g/mol. The van der Waals surface area contributed by atoms with Crippen LogP contribution in [0, 0.1) is 6.92 Å². The summed E-state index contributed by atoms with van der Waals surface area (Å²) in [5.74, 6) is 0.0798. The number of hydrogen-bond acceptors (Lipinski definition) is 4. The molecule has 2 aromatic heterocycles. The number of aryl methyl sites for hydroxylation is 1. The fraction of sp³-hybridized carbons (Fsp3) is 0.462. The van der Waals surface area contributed by atoms with E-state index in [-0.39, 0.29) is 16.8 Å². The molecule has 8 heteroatoms. The van der Waals surface area contributed by atoms with Gasteiger partial charge in [0.05, 0.1) is 17.3 Å². The maximum atomic E-state index is 13.0. The van der Waals surface area contributed by atoms with Gasteiger partial charge in [0.2, 0.25) is 10.0 Å². The van der Waals surface area contributed by atoms with Crippen LogP contribution in [0.2, 0.25) is 0 Å². The van der Waals surface area contributed by atoms with E-state index in [0.717, 1.165) is 17.7 Å². The van der Waals surface area contributed by atoms with E-state index < -0.39 is 10.0 Å². The highest BCUT2D eigenvalue weighted by atomic mass is 35.5. The third-order valence-electron chi connectivity index (χ3n) is 3.50. The molecule has 2 aromatic rings. The predicted octanol–water partition coefficient (Wildman–Crippen LogP) is 2.87. The van der Waals surface area contributed by atoms with Crippen molar-refractivity contribution >= 4 is 33.0 Å². The fourth-order valence-corrected chi connectivity index (χ4v) is 5.40. The molecule has 0 amide bonds. The number of thiophene rings is 1. The Morgan fingerprint density at radius 1 is 1.52 bits per heavy atom. The predicted molar refractivity (Wildman–Crippen MR) is 83.0 cm³/mol. The third kappa shape index (κ3) is 2.88. The van der Waals surface area contributed by atoms with Crippen LogP contribution in [0.4, 0.5) is 0 Å². The number of H-pyrrole nitrogens is 1. The molecule has 5 nitrogen and oxygen atoms in total. The van der Waals surface area contributed by atoms with Crippen LogP contribution in [0.25, 0.3) is 0 Å². The fourth-order valence-electron chi connectivity index (χ4n) is 2.35. The molecule has 2 heterocycles. The number of rotatable bonds is 6. The van der Waals surface area contributed by atoms with Crippen LogP contribution in [-0.2, 0) is 22.4 Å². The summed E-state index contributed by atoms with van der Waals surface area (Å²) in [4.78, 5) is 1.28. The maximum Gasteiger partial charge on any atom is 0.247 e. The highest BCUT2D eigenvalue weighted by Crippen LogP contribution is 2.35. The highest BCUT2D eigenvalue weighted by Gasteiger charge is 2.40. The zero-order valence-corrected chi connectivity index (χ0v) is 13.9. The molecule has 0 atom stereocenters. The van der Waals surface area contributed by atoms with Gasteiger partial charge < -0.3 is 0 Å². The van der Waals surface area contributed by atoms with Crippen molar-refractivity contribution in [1.29, 1.82) is 0 Å². The quantitative estimate of drug-likeness (QED) is 0.819. The van der Waals surface area contributed by atoms with Crippen molar-refractivity contribution in [2.24, 2.45) is 0 Å². The first-order chi connectivity index (χ1) is 10.0. The molecule has 3 rings (SSSR count). The molecule has 0 radical (unpaired) electrons. The first kappa shape index (κ1) is 15.0. The number of nitrogens with zero attached hydrogens (tertiary/aromatic N) is 2. The van der Waals surface area contributed by atoms with Gasteiger partial charge in [-0.3, -0.25) is 5.10 Å². The van der Waals surface area contributed by atoms with Gasteiger partial charge in [-0.1, -0.05) is 6.07 Å². The summed E-state index contributed by atoms with van der Waals surface area (Å²) >= 11 is 7.40. The molecule has 0 aromatic carbocycles. The molecule has 0 unspecified atom stereocenters. The van der Waals surface area contributed by atoms with E-state index in [1.165, 1.54) is 0 Å². The number of halogens is 1. The molecule has 21 heavy (non-hydrogen) atoms. The Kier molecular flexibility index (Phi) is 4.09. The Labute approximate surface area is 133 Å². The largest absolute Gasteiger partial charge is 0.281 e. The van der Waals surface area contributed by atoms with Crippen molar-refractivity contribution in [3.63, 3.8) is 0 Å². The summed E-state index contributed by atoms with van der Waals surface area (Å²) in [6, 6.07) is 3.99. The lowest BCUT2D eigenvalue weighted by molar-refractivity contribution is 0.401. The first-order valence-electron chi connectivity index (χ1n) is 6.68. The van der Waals surface area contributed by atoms with Gasteiger partial charge in [-0.25, -0.2) is 8.42 Å². The van der Waals surface area contributed by atoms with Crippen molar-refractivity contribution in [2.45, 2.75) is 43.1 Å². The van der Waals surface area contributed by atoms with Crippen LogP contribution in [0.3, 0.4) is 0 Å². The standard InChI is InChI=1S/C13H16ClN3O2S2/c1-9-13(12(7-14)16-15-9)21(18,19)17(10-4-5-10)8-11-3-2-6-20-11/h2-3,6,10H,4-5,7-8H2,1H3,(H,15,16). The number of hydrogen-bond donors (Lipinski definition) is 1. The number of nitrogens with one attached hydrogen (secondary N) is 1. The summed E-state index contributed by atoms with van der Waals surface area (Å²) in [6.45, 7) is 2.13. The number of aromatic nitrogens is 2. The molecule has 0 aliphatic heterocycles. The average Bonchev–Trinajstić information content (AvgIpc) is 3.00. The summed E-state index contributed by atoms with van der Waals surface area (Å²) < 4.78 is 27.6. The van der Waals surface area contributed by atoms with E-state index in [1.807, 2.05) is 17.5 Å². The van der Waals surface area contributed by atoms with Crippen LogP contribution >= 0.6 is 22.9 Å². The van der Waals surface area contributed by atoms with E-state index in [9.17, 15) is 8.42 Å². The van der Waals surface area contributed by atoms with Crippen molar-refractivity contribution in [3.8, 4) is 0 Å². The summed E-state index contributed by atoms with van der Waals surface area (Å²) in [5, 5.41) is 8.69. The Bertz CT molecular complexity index is 721. The summed E-state index contributed by atoms with van der Waals surface area (Å²) in [7, 11) is -3.58. The van der Waals surface area contributed by atoms with Gasteiger partial charge in [-0.05, 0) is 31.2 Å². The Morgan fingerprint density at radius 2 is 2.29 bits per heavy atom. The van der Waals surface area contributed by atoms with Gasteiger partial charge in [-0.15, -0.1) is 22.9 Å². The normalized spacial score (nSPS) is 15.8. The minimum Gasteiger partial charge on any atom is -0.281 e. The van der Waals surface area contributed by atoms with Crippen molar-refractivity contribution in [2.75, 3.05) is 0 Å². The molecule has 0 spiro atoms.